The normalized spacial score (nSPS) is 25.5. The molecule has 0 saturated carbocycles. The molecule has 1 aliphatic heterocycles. The summed E-state index contributed by atoms with van der Waals surface area (Å²) in [7, 11) is 0. The molecule has 0 amide bonds. The predicted octanol–water partition coefficient (Wildman–Crippen LogP) is 2.59. The van der Waals surface area contributed by atoms with Gasteiger partial charge in [-0.2, -0.15) is 0 Å². The molecular formula is C20H29N3O3. The van der Waals surface area contributed by atoms with Crippen molar-refractivity contribution in [1.82, 2.24) is 14.5 Å². The van der Waals surface area contributed by atoms with E-state index in [1.165, 1.54) is 11.1 Å². The molecule has 2 heterocycles. The largest absolute Gasteiger partial charge is 0.481 e. The standard InChI is InChI=1S/C20H29N3O3/c1-12-7-18-19(8-13(12)2)22(11-21-18)9-16(24)10-23-14(3)5-6-17(15(23)4)20(25)26/h7-8,11,14-17,24H,5-6,9-10H2,1-4H3,(H,25,26). The molecule has 4 unspecified atom stereocenters. The fraction of sp³-hybridized carbons (Fsp3) is 0.600. The van der Waals surface area contributed by atoms with Crippen LogP contribution in [0.2, 0.25) is 0 Å². The molecule has 0 aliphatic carbocycles. The van der Waals surface area contributed by atoms with Crippen LogP contribution in [0.1, 0.15) is 37.8 Å². The molecule has 142 valence electrons. The summed E-state index contributed by atoms with van der Waals surface area (Å²) in [5.41, 5.74) is 4.37. The zero-order valence-corrected chi connectivity index (χ0v) is 16.0. The molecule has 1 aliphatic rings. The summed E-state index contributed by atoms with van der Waals surface area (Å²) in [4.78, 5) is 18.0. The van der Waals surface area contributed by atoms with E-state index in [0.717, 1.165) is 17.5 Å². The summed E-state index contributed by atoms with van der Waals surface area (Å²) < 4.78 is 1.99. The fourth-order valence-corrected chi connectivity index (χ4v) is 4.12. The first kappa shape index (κ1) is 18.9. The first-order valence-corrected chi connectivity index (χ1v) is 9.36. The van der Waals surface area contributed by atoms with Crippen molar-refractivity contribution < 1.29 is 15.0 Å². The molecule has 1 aromatic heterocycles. The molecule has 0 radical (unpaired) electrons. The number of likely N-dealkylation sites (tertiary alicyclic amines) is 1. The van der Waals surface area contributed by atoms with Gasteiger partial charge in [-0.3, -0.25) is 9.69 Å². The molecule has 0 spiro atoms. The second-order valence-electron chi connectivity index (χ2n) is 7.78. The third kappa shape index (κ3) is 3.62. The maximum Gasteiger partial charge on any atom is 0.308 e. The number of aryl methyl sites for hydroxylation is 2. The number of aliphatic carboxylic acids is 1. The lowest BCUT2D eigenvalue weighted by atomic mass is 9.86. The molecule has 1 aromatic carbocycles. The van der Waals surface area contributed by atoms with Crippen LogP contribution in [0, 0.1) is 19.8 Å². The van der Waals surface area contributed by atoms with E-state index >= 15 is 0 Å². The van der Waals surface area contributed by atoms with Crippen LogP contribution in [0.25, 0.3) is 11.0 Å². The SMILES string of the molecule is Cc1cc2ncn(CC(O)CN3C(C)CCC(C(=O)O)C3C)c2cc1C. The quantitative estimate of drug-likeness (QED) is 0.858. The first-order chi connectivity index (χ1) is 12.3. The van der Waals surface area contributed by atoms with E-state index in [9.17, 15) is 15.0 Å². The molecule has 1 saturated heterocycles. The average Bonchev–Trinajstić information content (AvgIpc) is 2.93. The van der Waals surface area contributed by atoms with Gasteiger partial charge in [0.15, 0.2) is 0 Å². The van der Waals surface area contributed by atoms with Crippen molar-refractivity contribution in [2.45, 2.75) is 65.3 Å². The second kappa shape index (κ2) is 7.37. The van der Waals surface area contributed by atoms with Gasteiger partial charge in [0.2, 0.25) is 0 Å². The average molecular weight is 359 g/mol. The van der Waals surface area contributed by atoms with Crippen LogP contribution in [0.3, 0.4) is 0 Å². The van der Waals surface area contributed by atoms with Gasteiger partial charge in [0.05, 0.1) is 35.9 Å². The Bertz CT molecular complexity index is 801. The Morgan fingerprint density at radius 2 is 1.92 bits per heavy atom. The summed E-state index contributed by atoms with van der Waals surface area (Å²) in [6, 6.07) is 4.38. The van der Waals surface area contributed by atoms with Crippen LogP contribution in [-0.2, 0) is 11.3 Å². The van der Waals surface area contributed by atoms with Crippen LogP contribution in [0.4, 0.5) is 0 Å². The van der Waals surface area contributed by atoms with Crippen LogP contribution >= 0.6 is 0 Å². The number of fused-ring (bicyclic) bond motifs is 1. The van der Waals surface area contributed by atoms with Crippen molar-refractivity contribution in [1.29, 1.82) is 0 Å². The highest BCUT2D eigenvalue weighted by Gasteiger charge is 2.37. The number of aromatic nitrogens is 2. The molecule has 3 rings (SSSR count). The molecule has 2 N–H and O–H groups in total. The zero-order valence-electron chi connectivity index (χ0n) is 16.0. The number of carbonyl (C=O) groups is 1. The molecule has 6 nitrogen and oxygen atoms in total. The number of aliphatic hydroxyl groups excluding tert-OH is 1. The van der Waals surface area contributed by atoms with E-state index in [1.807, 2.05) is 11.5 Å². The third-order valence-corrected chi connectivity index (χ3v) is 5.95. The molecule has 26 heavy (non-hydrogen) atoms. The van der Waals surface area contributed by atoms with Gasteiger partial charge in [-0.15, -0.1) is 0 Å². The minimum atomic E-state index is -0.740. The Morgan fingerprint density at radius 3 is 2.62 bits per heavy atom. The van der Waals surface area contributed by atoms with Gasteiger partial charge in [-0.25, -0.2) is 4.98 Å². The van der Waals surface area contributed by atoms with Crippen LogP contribution < -0.4 is 0 Å². The number of hydrogen-bond acceptors (Lipinski definition) is 4. The third-order valence-electron chi connectivity index (χ3n) is 5.95. The number of carboxylic acid groups (broad SMARTS) is 1. The van der Waals surface area contributed by atoms with E-state index in [0.29, 0.717) is 19.5 Å². The summed E-state index contributed by atoms with van der Waals surface area (Å²) in [5, 5.41) is 20.1. The lowest BCUT2D eigenvalue weighted by Crippen LogP contribution is -2.53. The highest BCUT2D eigenvalue weighted by molar-refractivity contribution is 5.77. The minimum absolute atomic E-state index is 0.0738. The fourth-order valence-electron chi connectivity index (χ4n) is 4.12. The Balaban J connectivity index is 1.73. The lowest BCUT2D eigenvalue weighted by Gasteiger charge is -2.43. The monoisotopic (exact) mass is 359 g/mol. The van der Waals surface area contributed by atoms with E-state index in [2.05, 4.69) is 42.8 Å². The summed E-state index contributed by atoms with van der Waals surface area (Å²) in [5.74, 6) is -1.10. The number of aliphatic hydroxyl groups is 1. The van der Waals surface area contributed by atoms with Gasteiger partial charge >= 0.3 is 5.97 Å². The minimum Gasteiger partial charge on any atom is -0.481 e. The van der Waals surface area contributed by atoms with Crippen molar-refractivity contribution in [3.05, 3.63) is 29.6 Å². The van der Waals surface area contributed by atoms with E-state index in [4.69, 9.17) is 0 Å². The molecule has 2 aromatic rings. The van der Waals surface area contributed by atoms with E-state index in [1.54, 1.807) is 6.33 Å². The number of benzene rings is 1. The van der Waals surface area contributed by atoms with Crippen molar-refractivity contribution >= 4 is 17.0 Å². The molecular weight excluding hydrogens is 330 g/mol. The van der Waals surface area contributed by atoms with Gasteiger partial charge in [0, 0.05) is 18.6 Å². The Kier molecular flexibility index (Phi) is 5.34. The maximum absolute atomic E-state index is 11.5. The summed E-state index contributed by atoms with van der Waals surface area (Å²) in [6.07, 6.45) is 2.75. The van der Waals surface area contributed by atoms with Gasteiger partial charge in [0.1, 0.15) is 0 Å². The Labute approximate surface area is 154 Å². The Hall–Kier alpha value is -1.92. The van der Waals surface area contributed by atoms with Crippen molar-refractivity contribution in [2.24, 2.45) is 5.92 Å². The van der Waals surface area contributed by atoms with Gasteiger partial charge in [-0.1, -0.05) is 0 Å². The number of nitrogens with zero attached hydrogens (tertiary/aromatic N) is 3. The van der Waals surface area contributed by atoms with E-state index < -0.39 is 12.1 Å². The number of imidazole rings is 1. The number of piperidine rings is 1. The van der Waals surface area contributed by atoms with E-state index in [-0.39, 0.29) is 18.0 Å². The van der Waals surface area contributed by atoms with Crippen molar-refractivity contribution in [3.8, 4) is 0 Å². The van der Waals surface area contributed by atoms with Crippen LogP contribution in [0.5, 0.6) is 0 Å². The van der Waals surface area contributed by atoms with Gasteiger partial charge < -0.3 is 14.8 Å². The van der Waals surface area contributed by atoms with Crippen LogP contribution in [0.15, 0.2) is 18.5 Å². The van der Waals surface area contributed by atoms with Crippen molar-refractivity contribution in [3.63, 3.8) is 0 Å². The zero-order chi connectivity index (χ0) is 19.0. The molecule has 6 heteroatoms. The van der Waals surface area contributed by atoms with Crippen LogP contribution in [-0.4, -0.2) is 55.4 Å². The summed E-state index contributed by atoms with van der Waals surface area (Å²) in [6.45, 7) is 9.13. The molecule has 4 atom stereocenters. The number of carboxylic acids is 1. The number of β-amino-alcohol motifs (C(OH)–C–C–N with tert-alkyl or cyclic N) is 1. The van der Waals surface area contributed by atoms with Crippen molar-refractivity contribution in [2.75, 3.05) is 6.54 Å². The number of rotatable bonds is 5. The maximum atomic E-state index is 11.5. The topological polar surface area (TPSA) is 78.6 Å². The lowest BCUT2D eigenvalue weighted by molar-refractivity contribution is -0.147. The highest BCUT2D eigenvalue weighted by Crippen LogP contribution is 2.28. The highest BCUT2D eigenvalue weighted by atomic mass is 16.4. The summed E-state index contributed by atoms with van der Waals surface area (Å²) >= 11 is 0. The second-order valence-corrected chi connectivity index (χ2v) is 7.78. The molecule has 0 bridgehead atoms. The first-order valence-electron chi connectivity index (χ1n) is 9.36. The van der Waals surface area contributed by atoms with Gasteiger partial charge in [0.25, 0.3) is 0 Å². The smallest absolute Gasteiger partial charge is 0.308 e. The molecule has 1 fully saturated rings. The number of hydrogen-bond donors (Lipinski definition) is 2. The Morgan fingerprint density at radius 1 is 1.23 bits per heavy atom. The van der Waals surface area contributed by atoms with Gasteiger partial charge in [-0.05, 0) is 63.8 Å². The predicted molar refractivity (Wildman–Crippen MR) is 101 cm³/mol.